The molecule has 0 radical (unpaired) electrons. The Hall–Kier alpha value is -2.43. The van der Waals surface area contributed by atoms with Crippen molar-refractivity contribution in [2.75, 3.05) is 6.61 Å². The van der Waals surface area contributed by atoms with Gasteiger partial charge in [0, 0.05) is 0 Å². The Morgan fingerprint density at radius 2 is 1.34 bits per heavy atom. The first-order valence-corrected chi connectivity index (χ1v) is 12.4. The van der Waals surface area contributed by atoms with Crippen molar-refractivity contribution in [3.05, 3.63) is 47.0 Å². The van der Waals surface area contributed by atoms with Gasteiger partial charge in [0.05, 0.1) is 23.3 Å². The van der Waals surface area contributed by atoms with Crippen LogP contribution in [0, 0.1) is 0 Å². The van der Waals surface area contributed by atoms with Crippen molar-refractivity contribution in [2.24, 2.45) is 0 Å². The molecule has 0 aromatic heterocycles. The molecule has 2 rings (SSSR count). The third-order valence-corrected chi connectivity index (χ3v) is 5.77. The van der Waals surface area contributed by atoms with E-state index < -0.39 is 17.9 Å². The van der Waals surface area contributed by atoms with Crippen molar-refractivity contribution in [1.82, 2.24) is 0 Å². The number of fused-ring (bicyclic) bond motifs is 1. The van der Waals surface area contributed by atoms with Crippen LogP contribution in [0.25, 0.3) is 0 Å². The van der Waals surface area contributed by atoms with Crippen LogP contribution in [0.3, 0.4) is 0 Å². The van der Waals surface area contributed by atoms with Crippen molar-refractivity contribution in [1.29, 1.82) is 0 Å². The normalized spacial score (nSPS) is 12.9. The summed E-state index contributed by atoms with van der Waals surface area (Å²) in [7, 11) is 0. The SMILES string of the molecule is CCCCCCCCCCCCCC=CCCCOC(=O)c1ccc2c(c1)C(=O)OC2=O. The lowest BCUT2D eigenvalue weighted by Crippen LogP contribution is -2.07. The maximum absolute atomic E-state index is 12.1. The summed E-state index contributed by atoms with van der Waals surface area (Å²) in [5.74, 6) is -1.89. The number of cyclic esters (lactones) is 2. The highest BCUT2D eigenvalue weighted by Crippen LogP contribution is 2.21. The van der Waals surface area contributed by atoms with E-state index in [4.69, 9.17) is 4.74 Å². The van der Waals surface area contributed by atoms with Crippen LogP contribution >= 0.6 is 0 Å². The molecular weight excluding hydrogens is 404 g/mol. The van der Waals surface area contributed by atoms with Gasteiger partial charge in [0.15, 0.2) is 0 Å². The van der Waals surface area contributed by atoms with Gasteiger partial charge in [-0.15, -0.1) is 0 Å². The summed E-state index contributed by atoms with van der Waals surface area (Å²) in [6, 6.07) is 4.27. The average molecular weight is 443 g/mol. The maximum Gasteiger partial charge on any atom is 0.346 e. The number of carbonyl (C=O) groups excluding carboxylic acids is 3. The minimum atomic E-state index is -0.720. The predicted molar refractivity (Wildman–Crippen MR) is 126 cm³/mol. The first-order chi connectivity index (χ1) is 15.6. The lowest BCUT2D eigenvalue weighted by Gasteiger charge is -2.04. The van der Waals surface area contributed by atoms with E-state index >= 15 is 0 Å². The van der Waals surface area contributed by atoms with Gasteiger partial charge in [-0.3, -0.25) is 0 Å². The van der Waals surface area contributed by atoms with Crippen LogP contribution in [0.4, 0.5) is 0 Å². The van der Waals surface area contributed by atoms with Gasteiger partial charge in [-0.05, 0) is 43.9 Å². The largest absolute Gasteiger partial charge is 0.462 e. The van der Waals surface area contributed by atoms with Crippen molar-refractivity contribution in [3.63, 3.8) is 0 Å². The van der Waals surface area contributed by atoms with Crippen LogP contribution in [0.5, 0.6) is 0 Å². The molecule has 1 aromatic rings. The summed E-state index contributed by atoms with van der Waals surface area (Å²) in [6.45, 7) is 2.58. The van der Waals surface area contributed by atoms with E-state index in [9.17, 15) is 14.4 Å². The Labute approximate surface area is 192 Å². The summed E-state index contributed by atoms with van der Waals surface area (Å²) in [4.78, 5) is 35.1. The molecule has 0 amide bonds. The molecule has 0 fully saturated rings. The third kappa shape index (κ3) is 9.37. The summed E-state index contributed by atoms with van der Waals surface area (Å²) < 4.78 is 9.79. The van der Waals surface area contributed by atoms with Crippen molar-refractivity contribution < 1.29 is 23.9 Å². The first-order valence-electron chi connectivity index (χ1n) is 12.4. The highest BCUT2D eigenvalue weighted by Gasteiger charge is 2.30. The Morgan fingerprint density at radius 3 is 2.00 bits per heavy atom. The first kappa shape index (κ1) is 25.8. The molecule has 1 aliphatic heterocycles. The van der Waals surface area contributed by atoms with Gasteiger partial charge in [-0.2, -0.15) is 0 Å². The molecule has 1 heterocycles. The number of hydrogen-bond donors (Lipinski definition) is 0. The number of unbranched alkanes of at least 4 members (excludes halogenated alkanes) is 12. The van der Waals surface area contributed by atoms with E-state index in [0.29, 0.717) is 6.61 Å². The van der Waals surface area contributed by atoms with Crippen LogP contribution in [0.15, 0.2) is 30.4 Å². The summed E-state index contributed by atoms with van der Waals surface area (Å²) in [5, 5.41) is 0. The molecule has 0 N–H and O–H groups in total. The second-order valence-corrected chi connectivity index (χ2v) is 8.51. The molecule has 5 nitrogen and oxygen atoms in total. The van der Waals surface area contributed by atoms with Crippen molar-refractivity contribution in [3.8, 4) is 0 Å². The second kappa shape index (κ2) is 15.4. The van der Waals surface area contributed by atoms with Crippen molar-refractivity contribution >= 4 is 17.9 Å². The van der Waals surface area contributed by atoms with Gasteiger partial charge in [0.2, 0.25) is 0 Å². The van der Waals surface area contributed by atoms with Crippen LogP contribution in [0.2, 0.25) is 0 Å². The zero-order valence-electron chi connectivity index (χ0n) is 19.5. The fourth-order valence-electron chi connectivity index (χ4n) is 3.82. The smallest absolute Gasteiger partial charge is 0.346 e. The van der Waals surface area contributed by atoms with Crippen molar-refractivity contribution in [2.45, 2.75) is 96.8 Å². The highest BCUT2D eigenvalue weighted by molar-refractivity contribution is 6.15. The van der Waals surface area contributed by atoms with E-state index in [1.54, 1.807) is 0 Å². The van der Waals surface area contributed by atoms with Gasteiger partial charge in [0.1, 0.15) is 0 Å². The summed E-state index contributed by atoms with van der Waals surface area (Å²) in [6.07, 6.45) is 22.1. The average Bonchev–Trinajstić information content (AvgIpc) is 3.08. The molecule has 0 unspecified atom stereocenters. The lowest BCUT2D eigenvalue weighted by atomic mass is 10.1. The summed E-state index contributed by atoms with van der Waals surface area (Å²) >= 11 is 0. The molecule has 176 valence electrons. The minimum Gasteiger partial charge on any atom is -0.462 e. The fraction of sp³-hybridized carbons (Fsp3) is 0.593. The van der Waals surface area contributed by atoms with Gasteiger partial charge in [-0.25, -0.2) is 14.4 Å². The van der Waals surface area contributed by atoms with E-state index in [0.717, 1.165) is 19.3 Å². The molecule has 0 saturated heterocycles. The maximum atomic E-state index is 12.1. The molecular formula is C27H38O5. The zero-order valence-corrected chi connectivity index (χ0v) is 19.5. The molecule has 5 heteroatoms. The lowest BCUT2D eigenvalue weighted by molar-refractivity contribution is 0.0442. The molecule has 0 atom stereocenters. The van der Waals surface area contributed by atoms with Gasteiger partial charge in [0.25, 0.3) is 0 Å². The van der Waals surface area contributed by atoms with Gasteiger partial charge in [-0.1, -0.05) is 83.3 Å². The molecule has 0 bridgehead atoms. The molecule has 0 aliphatic carbocycles. The monoisotopic (exact) mass is 442 g/mol. The number of hydrogen-bond acceptors (Lipinski definition) is 5. The number of rotatable bonds is 17. The highest BCUT2D eigenvalue weighted by atomic mass is 16.6. The van der Waals surface area contributed by atoms with E-state index in [1.165, 1.54) is 88.8 Å². The van der Waals surface area contributed by atoms with E-state index in [2.05, 4.69) is 23.8 Å². The topological polar surface area (TPSA) is 69.7 Å². The van der Waals surface area contributed by atoms with Gasteiger partial charge < -0.3 is 9.47 Å². The number of allylic oxidation sites excluding steroid dienone is 2. The zero-order chi connectivity index (χ0) is 23.0. The van der Waals surface area contributed by atoms with Crippen LogP contribution in [0.1, 0.15) is 128 Å². The third-order valence-electron chi connectivity index (χ3n) is 5.77. The molecule has 0 spiro atoms. The molecule has 32 heavy (non-hydrogen) atoms. The molecule has 0 saturated carbocycles. The number of benzene rings is 1. The molecule has 1 aliphatic rings. The Balaban J connectivity index is 1.44. The van der Waals surface area contributed by atoms with E-state index in [1.807, 2.05) is 0 Å². The van der Waals surface area contributed by atoms with E-state index in [-0.39, 0.29) is 16.7 Å². The molecule has 1 aromatic carbocycles. The Kier molecular flexibility index (Phi) is 12.4. The summed E-state index contributed by atoms with van der Waals surface area (Å²) in [5.41, 5.74) is 0.562. The number of esters is 3. The van der Waals surface area contributed by atoms with Crippen LogP contribution in [-0.4, -0.2) is 24.5 Å². The van der Waals surface area contributed by atoms with Crippen LogP contribution < -0.4 is 0 Å². The minimum absolute atomic E-state index is 0.120. The second-order valence-electron chi connectivity index (χ2n) is 8.51. The Morgan fingerprint density at radius 1 is 0.781 bits per heavy atom. The predicted octanol–water partition coefficient (Wildman–Crippen LogP) is 7.19. The Bertz CT molecular complexity index is 765. The van der Waals surface area contributed by atoms with Gasteiger partial charge >= 0.3 is 17.9 Å². The fourth-order valence-corrected chi connectivity index (χ4v) is 3.82. The number of ether oxygens (including phenoxy) is 2. The quantitative estimate of drug-likeness (QED) is 0.110. The standard InChI is InChI=1S/C27H38O5/c1-2-3-4-5-6-7-8-9-10-11-12-13-14-15-16-17-20-31-25(28)22-18-19-23-24(21-22)27(30)32-26(23)29/h14-15,18-19,21H,2-13,16-17,20H2,1H3. The number of carbonyl (C=O) groups is 3. The van der Waals surface area contributed by atoms with Crippen LogP contribution in [-0.2, 0) is 9.47 Å².